The van der Waals surface area contributed by atoms with Gasteiger partial charge in [0.1, 0.15) is 5.78 Å². The van der Waals surface area contributed by atoms with E-state index in [-0.39, 0.29) is 0 Å². The number of carbonyl (C=O) groups excluding carboxylic acids is 1. The van der Waals surface area contributed by atoms with Crippen molar-refractivity contribution in [3.05, 3.63) is 71.8 Å². The SMILES string of the molecule is O=C1CCCC1CCN(Cc1ccccc1)Cc1ccccc1. The predicted molar refractivity (Wildman–Crippen MR) is 94.0 cm³/mol. The molecule has 1 atom stereocenters. The standard InChI is InChI=1S/C21H25NO/c23-21-13-7-12-20(21)14-15-22(16-18-8-3-1-4-9-18)17-19-10-5-2-6-11-19/h1-6,8-11,20H,7,12-17H2. The van der Waals surface area contributed by atoms with Crippen LogP contribution in [0.25, 0.3) is 0 Å². The fourth-order valence-corrected chi connectivity index (χ4v) is 3.43. The van der Waals surface area contributed by atoms with Gasteiger partial charge in [-0.15, -0.1) is 0 Å². The Morgan fingerprint density at radius 3 is 1.91 bits per heavy atom. The van der Waals surface area contributed by atoms with Crippen LogP contribution in [0.15, 0.2) is 60.7 Å². The lowest BCUT2D eigenvalue weighted by Crippen LogP contribution is -2.26. The van der Waals surface area contributed by atoms with Gasteiger partial charge in [0.15, 0.2) is 0 Å². The third-order valence-electron chi connectivity index (χ3n) is 4.72. The molecule has 1 aliphatic rings. The fraction of sp³-hybridized carbons (Fsp3) is 0.381. The Morgan fingerprint density at radius 2 is 1.43 bits per heavy atom. The summed E-state index contributed by atoms with van der Waals surface area (Å²) in [5, 5.41) is 0. The first-order chi connectivity index (χ1) is 11.3. The van der Waals surface area contributed by atoms with Crippen LogP contribution in [0.5, 0.6) is 0 Å². The van der Waals surface area contributed by atoms with Crippen molar-refractivity contribution in [3.63, 3.8) is 0 Å². The van der Waals surface area contributed by atoms with Crippen LogP contribution in [-0.2, 0) is 17.9 Å². The van der Waals surface area contributed by atoms with Crippen molar-refractivity contribution in [2.75, 3.05) is 6.54 Å². The highest BCUT2D eigenvalue weighted by atomic mass is 16.1. The largest absolute Gasteiger partial charge is 0.299 e. The summed E-state index contributed by atoms with van der Waals surface area (Å²) in [6.07, 6.45) is 3.96. The summed E-state index contributed by atoms with van der Waals surface area (Å²) in [6, 6.07) is 21.2. The first-order valence-electron chi connectivity index (χ1n) is 8.64. The zero-order valence-electron chi connectivity index (χ0n) is 13.7. The summed E-state index contributed by atoms with van der Waals surface area (Å²) in [4.78, 5) is 14.4. The number of ketones is 1. The van der Waals surface area contributed by atoms with E-state index < -0.39 is 0 Å². The summed E-state index contributed by atoms with van der Waals surface area (Å²) < 4.78 is 0. The summed E-state index contributed by atoms with van der Waals surface area (Å²) in [5.74, 6) is 0.772. The van der Waals surface area contributed by atoms with E-state index in [1.807, 2.05) is 0 Å². The maximum Gasteiger partial charge on any atom is 0.136 e. The fourth-order valence-electron chi connectivity index (χ4n) is 3.43. The summed E-state index contributed by atoms with van der Waals surface area (Å²) in [5.41, 5.74) is 2.67. The number of nitrogens with zero attached hydrogens (tertiary/aromatic N) is 1. The molecule has 0 bridgehead atoms. The van der Waals surface area contributed by atoms with Crippen LogP contribution in [0.1, 0.15) is 36.8 Å². The average Bonchev–Trinajstić information content (AvgIpc) is 3.00. The highest BCUT2D eigenvalue weighted by Gasteiger charge is 2.24. The Kier molecular flexibility index (Phi) is 5.60. The molecule has 1 saturated carbocycles. The molecule has 3 rings (SSSR count). The molecule has 0 heterocycles. The van der Waals surface area contributed by atoms with Crippen molar-refractivity contribution in [2.24, 2.45) is 5.92 Å². The summed E-state index contributed by atoms with van der Waals surface area (Å²) >= 11 is 0. The minimum Gasteiger partial charge on any atom is -0.299 e. The molecule has 2 heteroatoms. The number of carbonyl (C=O) groups is 1. The van der Waals surface area contributed by atoms with E-state index in [9.17, 15) is 4.79 Å². The number of Topliss-reactive ketones (excluding diaryl/α,β-unsaturated/α-hetero) is 1. The highest BCUT2D eigenvalue weighted by molar-refractivity contribution is 5.82. The topological polar surface area (TPSA) is 20.3 Å². The molecule has 1 aliphatic carbocycles. The molecule has 0 amide bonds. The maximum atomic E-state index is 11.9. The van der Waals surface area contributed by atoms with Crippen molar-refractivity contribution < 1.29 is 4.79 Å². The minimum absolute atomic E-state index is 0.295. The molecular formula is C21H25NO. The Bertz CT molecular complexity index is 567. The van der Waals surface area contributed by atoms with E-state index in [0.29, 0.717) is 11.7 Å². The quantitative estimate of drug-likeness (QED) is 0.753. The normalized spacial score (nSPS) is 17.8. The number of hydrogen-bond donors (Lipinski definition) is 0. The van der Waals surface area contributed by atoms with Gasteiger partial charge in [0.2, 0.25) is 0 Å². The Balaban J connectivity index is 1.63. The molecule has 120 valence electrons. The number of benzene rings is 2. The predicted octanol–water partition coefficient (Wildman–Crippen LogP) is 4.45. The van der Waals surface area contributed by atoms with Gasteiger partial charge in [-0.1, -0.05) is 60.7 Å². The van der Waals surface area contributed by atoms with Gasteiger partial charge in [-0.2, -0.15) is 0 Å². The van der Waals surface area contributed by atoms with Gasteiger partial charge >= 0.3 is 0 Å². The molecule has 2 nitrogen and oxygen atoms in total. The average molecular weight is 307 g/mol. The second-order valence-corrected chi connectivity index (χ2v) is 6.53. The van der Waals surface area contributed by atoms with E-state index in [1.165, 1.54) is 11.1 Å². The van der Waals surface area contributed by atoms with Gasteiger partial charge in [-0.25, -0.2) is 0 Å². The monoisotopic (exact) mass is 307 g/mol. The van der Waals surface area contributed by atoms with E-state index in [1.54, 1.807) is 0 Å². The van der Waals surface area contributed by atoms with Crippen LogP contribution in [0.4, 0.5) is 0 Å². The zero-order chi connectivity index (χ0) is 15.9. The smallest absolute Gasteiger partial charge is 0.136 e. The summed E-state index contributed by atoms with van der Waals surface area (Å²) in [6.45, 7) is 2.87. The van der Waals surface area contributed by atoms with Gasteiger partial charge in [0.05, 0.1) is 0 Å². The molecule has 2 aromatic rings. The van der Waals surface area contributed by atoms with E-state index in [4.69, 9.17) is 0 Å². The lowest BCUT2D eigenvalue weighted by Gasteiger charge is -2.24. The van der Waals surface area contributed by atoms with Crippen molar-refractivity contribution in [3.8, 4) is 0 Å². The maximum absolute atomic E-state index is 11.9. The van der Waals surface area contributed by atoms with E-state index in [0.717, 1.165) is 45.3 Å². The third-order valence-corrected chi connectivity index (χ3v) is 4.72. The van der Waals surface area contributed by atoms with Crippen LogP contribution < -0.4 is 0 Å². The van der Waals surface area contributed by atoms with Crippen LogP contribution in [0.3, 0.4) is 0 Å². The lowest BCUT2D eigenvalue weighted by atomic mass is 10.0. The van der Waals surface area contributed by atoms with Gasteiger partial charge < -0.3 is 0 Å². The van der Waals surface area contributed by atoms with Crippen molar-refractivity contribution >= 4 is 5.78 Å². The number of hydrogen-bond acceptors (Lipinski definition) is 2. The molecule has 1 fully saturated rings. The summed E-state index contributed by atoms with van der Waals surface area (Å²) in [7, 11) is 0. The molecule has 0 saturated heterocycles. The zero-order valence-corrected chi connectivity index (χ0v) is 13.7. The molecule has 0 aliphatic heterocycles. The first-order valence-corrected chi connectivity index (χ1v) is 8.64. The van der Waals surface area contributed by atoms with Crippen LogP contribution >= 0.6 is 0 Å². The Hall–Kier alpha value is -1.93. The van der Waals surface area contributed by atoms with Gasteiger partial charge in [-0.05, 0) is 36.9 Å². The second-order valence-electron chi connectivity index (χ2n) is 6.53. The first kappa shape index (κ1) is 15.9. The van der Waals surface area contributed by atoms with Crippen molar-refractivity contribution in [1.29, 1.82) is 0 Å². The van der Waals surface area contributed by atoms with Crippen LogP contribution in [0, 0.1) is 5.92 Å². The van der Waals surface area contributed by atoms with Crippen molar-refractivity contribution in [2.45, 2.75) is 38.8 Å². The van der Waals surface area contributed by atoms with E-state index >= 15 is 0 Å². The molecule has 0 spiro atoms. The molecule has 2 aromatic carbocycles. The highest BCUT2D eigenvalue weighted by Crippen LogP contribution is 2.25. The van der Waals surface area contributed by atoms with Gasteiger partial charge in [-0.3, -0.25) is 9.69 Å². The Labute approximate surface area is 139 Å². The van der Waals surface area contributed by atoms with Crippen LogP contribution in [0.2, 0.25) is 0 Å². The van der Waals surface area contributed by atoms with Crippen molar-refractivity contribution in [1.82, 2.24) is 4.90 Å². The molecule has 0 aromatic heterocycles. The van der Waals surface area contributed by atoms with Crippen LogP contribution in [-0.4, -0.2) is 17.2 Å². The molecule has 23 heavy (non-hydrogen) atoms. The third kappa shape index (κ3) is 4.77. The molecule has 0 radical (unpaired) electrons. The van der Waals surface area contributed by atoms with Gasteiger partial charge in [0.25, 0.3) is 0 Å². The number of rotatable bonds is 7. The minimum atomic E-state index is 0.295. The molecule has 1 unspecified atom stereocenters. The second kappa shape index (κ2) is 8.07. The lowest BCUT2D eigenvalue weighted by molar-refractivity contribution is -0.120. The molecule has 0 N–H and O–H groups in total. The Morgan fingerprint density at radius 1 is 0.870 bits per heavy atom. The molecular weight excluding hydrogens is 282 g/mol. The van der Waals surface area contributed by atoms with E-state index in [2.05, 4.69) is 65.6 Å². The van der Waals surface area contributed by atoms with Gasteiger partial charge in [0, 0.05) is 25.4 Å².